The molecule has 22 heavy (non-hydrogen) atoms. The van der Waals surface area contributed by atoms with Crippen LogP contribution in [0, 0.1) is 24.4 Å². The van der Waals surface area contributed by atoms with E-state index in [0.29, 0.717) is 10.7 Å². The van der Waals surface area contributed by atoms with Crippen LogP contribution in [0.5, 0.6) is 0 Å². The molecule has 3 rings (SSSR count). The first-order chi connectivity index (χ1) is 10.5. The monoisotopic (exact) mass is 316 g/mol. The molecule has 0 radical (unpaired) electrons. The van der Waals surface area contributed by atoms with Gasteiger partial charge < -0.3 is 0 Å². The van der Waals surface area contributed by atoms with Gasteiger partial charge in [0, 0.05) is 5.69 Å². The Morgan fingerprint density at radius 3 is 2.64 bits per heavy atom. The van der Waals surface area contributed by atoms with Crippen molar-refractivity contribution in [1.82, 2.24) is 24.7 Å². The maximum atomic E-state index is 12.9. The lowest BCUT2D eigenvalue weighted by molar-refractivity contribution is 0.628. The molecule has 6 nitrogen and oxygen atoms in total. The second kappa shape index (κ2) is 5.64. The summed E-state index contributed by atoms with van der Waals surface area (Å²) in [6.45, 7) is 3.82. The standard InChI is InChI=1S/C14H13FN6S/c1-9-7-10(2)20(19-9)13-17-18-14(22)21(13)16-8-11-3-5-12(15)6-4-11/h3-8H,1-2H3,(H,18,22). The van der Waals surface area contributed by atoms with Crippen molar-refractivity contribution in [2.24, 2.45) is 5.10 Å². The molecule has 0 saturated heterocycles. The second-order valence-corrected chi connectivity index (χ2v) is 5.16. The zero-order valence-corrected chi connectivity index (χ0v) is 12.8. The predicted molar refractivity (Wildman–Crippen MR) is 83.4 cm³/mol. The Hall–Kier alpha value is -2.61. The highest BCUT2D eigenvalue weighted by Gasteiger charge is 2.11. The van der Waals surface area contributed by atoms with Crippen LogP contribution in [0.2, 0.25) is 0 Å². The van der Waals surface area contributed by atoms with Gasteiger partial charge in [-0.15, -0.1) is 5.10 Å². The summed E-state index contributed by atoms with van der Waals surface area (Å²) in [4.78, 5) is 0. The van der Waals surface area contributed by atoms with Crippen molar-refractivity contribution in [2.75, 3.05) is 0 Å². The number of halogens is 1. The Labute approximate surface area is 130 Å². The molecule has 0 aliphatic carbocycles. The third-order valence-electron chi connectivity index (χ3n) is 3.02. The molecule has 8 heteroatoms. The van der Waals surface area contributed by atoms with Gasteiger partial charge in [-0.05, 0) is 49.8 Å². The molecule has 0 saturated carbocycles. The van der Waals surface area contributed by atoms with Gasteiger partial charge in [-0.3, -0.25) is 0 Å². The maximum absolute atomic E-state index is 12.9. The van der Waals surface area contributed by atoms with Gasteiger partial charge in [-0.1, -0.05) is 12.1 Å². The lowest BCUT2D eigenvalue weighted by Crippen LogP contribution is -2.07. The fourth-order valence-corrected chi connectivity index (χ4v) is 2.20. The van der Waals surface area contributed by atoms with Crippen LogP contribution in [0.25, 0.3) is 5.95 Å². The van der Waals surface area contributed by atoms with Gasteiger partial charge >= 0.3 is 0 Å². The third kappa shape index (κ3) is 2.73. The highest BCUT2D eigenvalue weighted by Crippen LogP contribution is 2.10. The number of benzene rings is 1. The normalized spacial score (nSPS) is 11.4. The summed E-state index contributed by atoms with van der Waals surface area (Å²) in [5, 5.41) is 15.5. The van der Waals surface area contributed by atoms with E-state index in [1.807, 2.05) is 19.9 Å². The van der Waals surface area contributed by atoms with Crippen molar-refractivity contribution in [3.8, 4) is 5.95 Å². The van der Waals surface area contributed by atoms with Crippen LogP contribution in [-0.2, 0) is 0 Å². The van der Waals surface area contributed by atoms with E-state index < -0.39 is 0 Å². The number of aryl methyl sites for hydroxylation is 2. The zero-order chi connectivity index (χ0) is 15.7. The van der Waals surface area contributed by atoms with Crippen LogP contribution < -0.4 is 0 Å². The number of hydrogen-bond donors (Lipinski definition) is 1. The molecular weight excluding hydrogens is 303 g/mol. The fraction of sp³-hybridized carbons (Fsp3) is 0.143. The minimum Gasteiger partial charge on any atom is -0.248 e. The molecule has 0 fully saturated rings. The van der Waals surface area contributed by atoms with Crippen LogP contribution in [0.15, 0.2) is 35.4 Å². The largest absolute Gasteiger partial charge is 0.271 e. The van der Waals surface area contributed by atoms with Crippen molar-refractivity contribution in [2.45, 2.75) is 13.8 Å². The van der Waals surface area contributed by atoms with E-state index in [4.69, 9.17) is 12.2 Å². The van der Waals surface area contributed by atoms with E-state index in [0.717, 1.165) is 17.0 Å². The number of aromatic amines is 1. The van der Waals surface area contributed by atoms with Crippen molar-refractivity contribution >= 4 is 18.4 Å². The molecule has 0 aliphatic heterocycles. The van der Waals surface area contributed by atoms with Gasteiger partial charge in [0.25, 0.3) is 5.95 Å². The summed E-state index contributed by atoms with van der Waals surface area (Å²) in [5.74, 6) is 0.175. The number of aromatic nitrogens is 5. The average Bonchev–Trinajstić information content (AvgIpc) is 3.00. The molecular formula is C14H13FN6S. The molecule has 0 spiro atoms. The minimum atomic E-state index is -0.291. The molecule has 1 aromatic carbocycles. The van der Waals surface area contributed by atoms with E-state index in [1.54, 1.807) is 23.0 Å². The zero-order valence-electron chi connectivity index (χ0n) is 12.0. The predicted octanol–water partition coefficient (Wildman–Crippen LogP) is 2.76. The van der Waals surface area contributed by atoms with Crippen molar-refractivity contribution in [1.29, 1.82) is 0 Å². The van der Waals surface area contributed by atoms with E-state index >= 15 is 0 Å². The summed E-state index contributed by atoms with van der Waals surface area (Å²) < 4.78 is 16.4. The number of rotatable bonds is 3. The highest BCUT2D eigenvalue weighted by atomic mass is 32.1. The van der Waals surface area contributed by atoms with Crippen LogP contribution in [0.1, 0.15) is 17.0 Å². The summed E-state index contributed by atoms with van der Waals surface area (Å²) in [7, 11) is 0. The summed E-state index contributed by atoms with van der Waals surface area (Å²) in [6.07, 6.45) is 1.58. The van der Waals surface area contributed by atoms with Crippen molar-refractivity contribution in [3.05, 3.63) is 57.9 Å². The minimum absolute atomic E-state index is 0.291. The van der Waals surface area contributed by atoms with Gasteiger partial charge in [0.15, 0.2) is 0 Å². The quantitative estimate of drug-likeness (QED) is 0.597. The molecule has 0 atom stereocenters. The molecule has 0 amide bonds. The van der Waals surface area contributed by atoms with Crippen molar-refractivity contribution in [3.63, 3.8) is 0 Å². The maximum Gasteiger partial charge on any atom is 0.271 e. The SMILES string of the molecule is Cc1cc(C)n(-c2n[nH]c(=S)n2N=Cc2ccc(F)cc2)n1. The number of H-pyrrole nitrogens is 1. The number of hydrogen-bond acceptors (Lipinski definition) is 4. The average molecular weight is 316 g/mol. The van der Waals surface area contributed by atoms with Gasteiger partial charge in [-0.2, -0.15) is 14.9 Å². The highest BCUT2D eigenvalue weighted by molar-refractivity contribution is 7.71. The van der Waals surface area contributed by atoms with Crippen LogP contribution in [0.4, 0.5) is 4.39 Å². The molecule has 2 heterocycles. The smallest absolute Gasteiger partial charge is 0.248 e. The van der Waals surface area contributed by atoms with Gasteiger partial charge in [0.05, 0.1) is 11.9 Å². The number of nitrogens with zero attached hydrogens (tertiary/aromatic N) is 5. The molecule has 1 N–H and O–H groups in total. The molecule has 2 aromatic heterocycles. The first-order valence-corrected chi connectivity index (χ1v) is 6.96. The van der Waals surface area contributed by atoms with Crippen LogP contribution in [0.3, 0.4) is 0 Å². The second-order valence-electron chi connectivity index (χ2n) is 4.78. The van der Waals surface area contributed by atoms with Gasteiger partial charge in [0.2, 0.25) is 4.77 Å². The lowest BCUT2D eigenvalue weighted by Gasteiger charge is -2.02. The van der Waals surface area contributed by atoms with Crippen LogP contribution in [-0.4, -0.2) is 30.9 Å². The molecule has 0 aliphatic rings. The molecule has 112 valence electrons. The first kappa shape index (κ1) is 14.3. The van der Waals surface area contributed by atoms with E-state index in [2.05, 4.69) is 20.4 Å². The Kier molecular flexibility index (Phi) is 3.68. The Balaban J connectivity index is 2.01. The van der Waals surface area contributed by atoms with E-state index in [-0.39, 0.29) is 5.82 Å². The molecule has 0 bridgehead atoms. The van der Waals surface area contributed by atoms with E-state index in [9.17, 15) is 4.39 Å². The molecule has 3 aromatic rings. The summed E-state index contributed by atoms with van der Waals surface area (Å²) in [5.41, 5.74) is 2.55. The fourth-order valence-electron chi connectivity index (χ4n) is 2.03. The van der Waals surface area contributed by atoms with Gasteiger partial charge in [0.1, 0.15) is 5.82 Å². The third-order valence-corrected chi connectivity index (χ3v) is 3.29. The Morgan fingerprint density at radius 2 is 2.00 bits per heavy atom. The first-order valence-electron chi connectivity index (χ1n) is 6.55. The summed E-state index contributed by atoms with van der Waals surface area (Å²) >= 11 is 5.19. The topological polar surface area (TPSA) is 63.8 Å². The summed E-state index contributed by atoms with van der Waals surface area (Å²) in [6, 6.07) is 7.94. The van der Waals surface area contributed by atoms with Crippen molar-refractivity contribution < 1.29 is 4.39 Å². The van der Waals surface area contributed by atoms with Gasteiger partial charge in [-0.25, -0.2) is 14.2 Å². The number of nitrogens with one attached hydrogen (secondary N) is 1. The van der Waals surface area contributed by atoms with Crippen LogP contribution >= 0.6 is 12.2 Å². The lowest BCUT2D eigenvalue weighted by atomic mass is 10.2. The Bertz CT molecular complexity index is 887. The Morgan fingerprint density at radius 1 is 1.27 bits per heavy atom. The molecule has 0 unspecified atom stereocenters. The van der Waals surface area contributed by atoms with E-state index in [1.165, 1.54) is 16.8 Å².